The molecule has 0 aliphatic rings. The maximum absolute atomic E-state index is 6.04. The van der Waals surface area contributed by atoms with Crippen molar-refractivity contribution in [2.75, 3.05) is 6.54 Å². The first-order valence-corrected chi connectivity index (χ1v) is 8.01. The molecule has 2 atom stereocenters. The van der Waals surface area contributed by atoms with Gasteiger partial charge in [0.15, 0.2) is 0 Å². The third-order valence-electron chi connectivity index (χ3n) is 3.96. The van der Waals surface area contributed by atoms with Gasteiger partial charge in [0.2, 0.25) is 0 Å². The van der Waals surface area contributed by atoms with Gasteiger partial charge in [0.25, 0.3) is 0 Å². The molecule has 0 aromatic heterocycles. The monoisotopic (exact) mass is 281 g/mol. The van der Waals surface area contributed by atoms with Crippen LogP contribution in [0.1, 0.15) is 51.5 Å². The topological polar surface area (TPSA) is 26.0 Å². The van der Waals surface area contributed by atoms with E-state index < -0.39 is 0 Å². The summed E-state index contributed by atoms with van der Waals surface area (Å²) in [5, 5.41) is 0.825. The molecule has 108 valence electrons. The summed E-state index contributed by atoms with van der Waals surface area (Å²) in [5.41, 5.74) is 7.27. The van der Waals surface area contributed by atoms with Crippen LogP contribution in [0.15, 0.2) is 24.3 Å². The van der Waals surface area contributed by atoms with Gasteiger partial charge in [-0.25, -0.2) is 0 Å². The zero-order chi connectivity index (χ0) is 14.1. The largest absolute Gasteiger partial charge is 0.330 e. The SMILES string of the molecule is CCCCC(CC)CC(CN)Cc1cccc(Cl)c1. The minimum Gasteiger partial charge on any atom is -0.330 e. The van der Waals surface area contributed by atoms with Gasteiger partial charge in [-0.2, -0.15) is 0 Å². The van der Waals surface area contributed by atoms with Gasteiger partial charge in [0.1, 0.15) is 0 Å². The van der Waals surface area contributed by atoms with Crippen LogP contribution < -0.4 is 5.73 Å². The highest BCUT2D eigenvalue weighted by Gasteiger charge is 2.14. The van der Waals surface area contributed by atoms with Gasteiger partial charge in [-0.15, -0.1) is 0 Å². The summed E-state index contributed by atoms with van der Waals surface area (Å²) in [6, 6.07) is 8.18. The number of halogens is 1. The molecule has 0 bridgehead atoms. The minimum absolute atomic E-state index is 0.584. The Morgan fingerprint density at radius 1 is 1.21 bits per heavy atom. The van der Waals surface area contributed by atoms with Crippen LogP contribution in [0, 0.1) is 11.8 Å². The molecule has 2 N–H and O–H groups in total. The van der Waals surface area contributed by atoms with Gasteiger partial charge in [-0.05, 0) is 48.9 Å². The second-order valence-electron chi connectivity index (χ2n) is 5.59. The molecule has 2 heteroatoms. The van der Waals surface area contributed by atoms with Crippen molar-refractivity contribution >= 4 is 11.6 Å². The molecule has 0 radical (unpaired) electrons. The molecule has 0 aliphatic carbocycles. The van der Waals surface area contributed by atoms with Gasteiger partial charge in [0, 0.05) is 5.02 Å². The normalized spacial score (nSPS) is 14.3. The first-order valence-electron chi connectivity index (χ1n) is 7.64. The fraction of sp³-hybridized carbons (Fsp3) is 0.647. The Hall–Kier alpha value is -0.530. The molecule has 1 rings (SSSR count). The summed E-state index contributed by atoms with van der Waals surface area (Å²) in [6.07, 6.45) is 7.55. The minimum atomic E-state index is 0.584. The van der Waals surface area contributed by atoms with E-state index in [4.69, 9.17) is 17.3 Å². The number of rotatable bonds is 9. The van der Waals surface area contributed by atoms with Crippen molar-refractivity contribution in [2.24, 2.45) is 17.6 Å². The van der Waals surface area contributed by atoms with Gasteiger partial charge in [-0.1, -0.05) is 63.3 Å². The Balaban J connectivity index is 2.52. The third-order valence-corrected chi connectivity index (χ3v) is 4.19. The molecular formula is C17H28ClN. The molecule has 0 amide bonds. The highest BCUT2D eigenvalue weighted by Crippen LogP contribution is 2.24. The highest BCUT2D eigenvalue weighted by molar-refractivity contribution is 6.30. The van der Waals surface area contributed by atoms with Gasteiger partial charge in [0.05, 0.1) is 0 Å². The molecule has 0 aliphatic heterocycles. The second-order valence-corrected chi connectivity index (χ2v) is 6.02. The van der Waals surface area contributed by atoms with Crippen LogP contribution in [-0.4, -0.2) is 6.54 Å². The summed E-state index contributed by atoms with van der Waals surface area (Å²) < 4.78 is 0. The lowest BCUT2D eigenvalue weighted by atomic mass is 9.85. The second kappa shape index (κ2) is 9.39. The van der Waals surface area contributed by atoms with Crippen LogP contribution in [0.4, 0.5) is 0 Å². The lowest BCUT2D eigenvalue weighted by Crippen LogP contribution is -2.20. The molecule has 2 unspecified atom stereocenters. The van der Waals surface area contributed by atoms with Crippen molar-refractivity contribution in [1.29, 1.82) is 0 Å². The van der Waals surface area contributed by atoms with E-state index in [1.165, 1.54) is 37.7 Å². The van der Waals surface area contributed by atoms with Crippen LogP contribution in [0.3, 0.4) is 0 Å². The molecule has 1 aromatic carbocycles. The Morgan fingerprint density at radius 3 is 2.58 bits per heavy atom. The van der Waals surface area contributed by atoms with Gasteiger partial charge >= 0.3 is 0 Å². The fourth-order valence-electron chi connectivity index (χ4n) is 2.71. The number of hydrogen-bond donors (Lipinski definition) is 1. The Kier molecular flexibility index (Phi) is 8.16. The quantitative estimate of drug-likeness (QED) is 0.672. The zero-order valence-corrected chi connectivity index (χ0v) is 13.1. The Morgan fingerprint density at radius 2 is 2.00 bits per heavy atom. The lowest BCUT2D eigenvalue weighted by molar-refractivity contribution is 0.339. The smallest absolute Gasteiger partial charge is 0.0408 e. The average Bonchev–Trinajstić information content (AvgIpc) is 2.42. The molecule has 0 spiro atoms. The average molecular weight is 282 g/mol. The number of benzene rings is 1. The van der Waals surface area contributed by atoms with Crippen LogP contribution >= 0.6 is 11.6 Å². The van der Waals surface area contributed by atoms with Crippen LogP contribution in [0.25, 0.3) is 0 Å². The van der Waals surface area contributed by atoms with Crippen LogP contribution in [0.2, 0.25) is 5.02 Å². The number of unbranched alkanes of at least 4 members (excludes halogenated alkanes) is 1. The van der Waals surface area contributed by atoms with Crippen LogP contribution in [-0.2, 0) is 6.42 Å². The molecular weight excluding hydrogens is 254 g/mol. The predicted molar refractivity (Wildman–Crippen MR) is 85.6 cm³/mol. The predicted octanol–water partition coefficient (Wildman–Crippen LogP) is 5.06. The maximum Gasteiger partial charge on any atom is 0.0408 e. The molecule has 0 fully saturated rings. The summed E-state index contributed by atoms with van der Waals surface area (Å²) in [4.78, 5) is 0. The van der Waals surface area contributed by atoms with E-state index in [9.17, 15) is 0 Å². The van der Waals surface area contributed by atoms with Crippen molar-refractivity contribution in [3.8, 4) is 0 Å². The first kappa shape index (κ1) is 16.5. The van der Waals surface area contributed by atoms with Crippen molar-refractivity contribution in [3.05, 3.63) is 34.9 Å². The van der Waals surface area contributed by atoms with E-state index in [1.54, 1.807) is 0 Å². The number of nitrogens with two attached hydrogens (primary N) is 1. The summed E-state index contributed by atoms with van der Waals surface area (Å²) in [5.74, 6) is 1.41. The Labute approximate surface area is 123 Å². The summed E-state index contributed by atoms with van der Waals surface area (Å²) in [6.45, 7) is 5.33. The molecule has 19 heavy (non-hydrogen) atoms. The molecule has 1 nitrogen and oxygen atoms in total. The van der Waals surface area contributed by atoms with E-state index >= 15 is 0 Å². The zero-order valence-electron chi connectivity index (χ0n) is 12.4. The molecule has 0 saturated heterocycles. The van der Waals surface area contributed by atoms with Crippen molar-refractivity contribution in [1.82, 2.24) is 0 Å². The van der Waals surface area contributed by atoms with Gasteiger partial charge < -0.3 is 5.73 Å². The van der Waals surface area contributed by atoms with E-state index in [0.29, 0.717) is 5.92 Å². The van der Waals surface area contributed by atoms with E-state index in [0.717, 1.165) is 23.9 Å². The van der Waals surface area contributed by atoms with Gasteiger partial charge in [-0.3, -0.25) is 0 Å². The fourth-order valence-corrected chi connectivity index (χ4v) is 2.93. The molecule has 1 aromatic rings. The maximum atomic E-state index is 6.04. The van der Waals surface area contributed by atoms with E-state index in [-0.39, 0.29) is 0 Å². The molecule has 0 saturated carbocycles. The summed E-state index contributed by atoms with van der Waals surface area (Å²) in [7, 11) is 0. The number of hydrogen-bond acceptors (Lipinski definition) is 1. The lowest BCUT2D eigenvalue weighted by Gasteiger charge is -2.21. The van der Waals surface area contributed by atoms with Crippen molar-refractivity contribution in [2.45, 2.75) is 52.4 Å². The third kappa shape index (κ3) is 6.44. The Bertz CT molecular complexity index is 351. The van der Waals surface area contributed by atoms with Crippen molar-refractivity contribution in [3.63, 3.8) is 0 Å². The highest BCUT2D eigenvalue weighted by atomic mass is 35.5. The van der Waals surface area contributed by atoms with E-state index in [1.807, 2.05) is 12.1 Å². The van der Waals surface area contributed by atoms with Crippen molar-refractivity contribution < 1.29 is 0 Å². The standard InChI is InChI=1S/C17H28ClN/c1-3-5-7-14(4-2)10-16(13-19)11-15-8-6-9-17(18)12-15/h6,8-9,12,14,16H,3-5,7,10-11,13,19H2,1-2H3. The van der Waals surface area contributed by atoms with Crippen LogP contribution in [0.5, 0.6) is 0 Å². The van der Waals surface area contributed by atoms with E-state index in [2.05, 4.69) is 26.0 Å². The summed E-state index contributed by atoms with van der Waals surface area (Å²) >= 11 is 6.04. The molecule has 0 heterocycles. The first-order chi connectivity index (χ1) is 9.19.